The summed E-state index contributed by atoms with van der Waals surface area (Å²) in [4.78, 5) is 20.5. The minimum atomic E-state index is -0.379. The van der Waals surface area contributed by atoms with Gasteiger partial charge in [0.25, 0.3) is 0 Å². The quantitative estimate of drug-likeness (QED) is 0.684. The SMILES string of the molecule is CCOC(=O)c1cc2ccccc2n1-c1ncccn1. The molecule has 0 amide bonds. The van der Waals surface area contributed by atoms with Crippen LogP contribution in [0.3, 0.4) is 0 Å². The fourth-order valence-electron chi connectivity index (χ4n) is 2.13. The molecule has 0 aliphatic rings. The smallest absolute Gasteiger partial charge is 0.355 e. The van der Waals surface area contributed by atoms with Crippen LogP contribution in [0, 0.1) is 0 Å². The zero-order valence-electron chi connectivity index (χ0n) is 11.0. The molecule has 0 radical (unpaired) electrons. The second-order valence-electron chi connectivity index (χ2n) is 4.19. The second-order valence-corrected chi connectivity index (χ2v) is 4.19. The molecule has 0 fully saturated rings. The molecule has 0 unspecified atom stereocenters. The Morgan fingerprint density at radius 1 is 1.20 bits per heavy atom. The van der Waals surface area contributed by atoms with Crippen LogP contribution in [-0.4, -0.2) is 27.1 Å². The van der Waals surface area contributed by atoms with E-state index in [1.165, 1.54) is 0 Å². The number of hydrogen-bond donors (Lipinski definition) is 0. The Kier molecular flexibility index (Phi) is 3.16. The molecule has 0 aliphatic carbocycles. The highest BCUT2D eigenvalue weighted by Crippen LogP contribution is 2.23. The van der Waals surface area contributed by atoms with Crippen molar-refractivity contribution >= 4 is 16.9 Å². The third-order valence-corrected chi connectivity index (χ3v) is 2.95. The molecule has 2 aromatic heterocycles. The number of rotatable bonds is 3. The van der Waals surface area contributed by atoms with E-state index in [-0.39, 0.29) is 5.97 Å². The second kappa shape index (κ2) is 5.13. The van der Waals surface area contributed by atoms with Crippen molar-refractivity contribution in [1.82, 2.24) is 14.5 Å². The molecule has 0 spiro atoms. The molecular formula is C15H13N3O2. The van der Waals surface area contributed by atoms with Gasteiger partial charge >= 0.3 is 5.97 Å². The number of fused-ring (bicyclic) bond motifs is 1. The van der Waals surface area contributed by atoms with Gasteiger partial charge in [-0.15, -0.1) is 0 Å². The zero-order valence-corrected chi connectivity index (χ0v) is 11.0. The molecule has 100 valence electrons. The van der Waals surface area contributed by atoms with Crippen LogP contribution in [0.15, 0.2) is 48.8 Å². The average Bonchev–Trinajstić information content (AvgIpc) is 2.88. The number of para-hydroxylation sites is 1. The molecule has 0 bridgehead atoms. The fraction of sp³-hybridized carbons (Fsp3) is 0.133. The highest BCUT2D eigenvalue weighted by molar-refractivity contribution is 5.96. The first-order valence-corrected chi connectivity index (χ1v) is 6.36. The van der Waals surface area contributed by atoms with E-state index in [2.05, 4.69) is 9.97 Å². The average molecular weight is 267 g/mol. The summed E-state index contributed by atoms with van der Waals surface area (Å²) in [7, 11) is 0. The molecular weight excluding hydrogens is 254 g/mol. The van der Waals surface area contributed by atoms with E-state index in [0.717, 1.165) is 10.9 Å². The summed E-state index contributed by atoms with van der Waals surface area (Å²) in [6.07, 6.45) is 3.29. The summed E-state index contributed by atoms with van der Waals surface area (Å²) in [5.74, 6) is 0.0768. The minimum Gasteiger partial charge on any atom is -0.461 e. The minimum absolute atomic E-state index is 0.329. The van der Waals surface area contributed by atoms with Crippen molar-refractivity contribution in [2.24, 2.45) is 0 Å². The van der Waals surface area contributed by atoms with Gasteiger partial charge in [0.1, 0.15) is 5.69 Å². The van der Waals surface area contributed by atoms with Gasteiger partial charge in [0.05, 0.1) is 12.1 Å². The van der Waals surface area contributed by atoms with E-state index in [1.54, 1.807) is 36.0 Å². The standard InChI is InChI=1S/C15H13N3O2/c1-2-20-14(19)13-10-11-6-3-4-7-12(11)18(13)15-16-8-5-9-17-15/h3-10H,2H2,1H3. The van der Waals surface area contributed by atoms with Gasteiger partial charge in [-0.1, -0.05) is 18.2 Å². The monoisotopic (exact) mass is 267 g/mol. The lowest BCUT2D eigenvalue weighted by Gasteiger charge is -2.07. The maximum atomic E-state index is 12.1. The van der Waals surface area contributed by atoms with E-state index >= 15 is 0 Å². The van der Waals surface area contributed by atoms with Crippen molar-refractivity contribution in [3.05, 3.63) is 54.5 Å². The third-order valence-electron chi connectivity index (χ3n) is 2.95. The predicted molar refractivity (Wildman–Crippen MR) is 74.8 cm³/mol. The fourth-order valence-corrected chi connectivity index (χ4v) is 2.13. The number of ether oxygens (including phenoxy) is 1. The van der Waals surface area contributed by atoms with Crippen molar-refractivity contribution in [1.29, 1.82) is 0 Å². The van der Waals surface area contributed by atoms with Crippen LogP contribution in [0.1, 0.15) is 17.4 Å². The number of nitrogens with zero attached hydrogens (tertiary/aromatic N) is 3. The molecule has 0 saturated carbocycles. The van der Waals surface area contributed by atoms with Crippen LogP contribution in [0.2, 0.25) is 0 Å². The Hall–Kier alpha value is -2.69. The molecule has 0 saturated heterocycles. The molecule has 0 N–H and O–H groups in total. The van der Waals surface area contributed by atoms with Crippen molar-refractivity contribution in [2.75, 3.05) is 6.61 Å². The summed E-state index contributed by atoms with van der Waals surface area (Å²) >= 11 is 0. The van der Waals surface area contributed by atoms with Gasteiger partial charge in [0, 0.05) is 17.8 Å². The summed E-state index contributed by atoms with van der Waals surface area (Å²) in [6, 6.07) is 11.2. The molecule has 3 aromatic rings. The molecule has 0 aliphatic heterocycles. The highest BCUT2D eigenvalue weighted by atomic mass is 16.5. The third kappa shape index (κ3) is 2.03. The number of aromatic nitrogens is 3. The number of benzene rings is 1. The summed E-state index contributed by atoms with van der Waals surface area (Å²) in [5.41, 5.74) is 1.31. The van der Waals surface area contributed by atoms with Crippen molar-refractivity contribution < 1.29 is 9.53 Å². The van der Waals surface area contributed by atoms with E-state index in [0.29, 0.717) is 18.2 Å². The van der Waals surface area contributed by atoms with Crippen LogP contribution in [0.25, 0.3) is 16.9 Å². The molecule has 3 rings (SSSR count). The van der Waals surface area contributed by atoms with Gasteiger partial charge in [-0.3, -0.25) is 4.57 Å². The maximum absolute atomic E-state index is 12.1. The van der Waals surface area contributed by atoms with Gasteiger partial charge in [-0.25, -0.2) is 14.8 Å². The summed E-state index contributed by atoms with van der Waals surface area (Å²) in [5, 5.41) is 0.947. The topological polar surface area (TPSA) is 57.0 Å². The summed E-state index contributed by atoms with van der Waals surface area (Å²) in [6.45, 7) is 2.11. The molecule has 2 heterocycles. The van der Waals surface area contributed by atoms with Crippen LogP contribution in [-0.2, 0) is 4.74 Å². The van der Waals surface area contributed by atoms with Crippen LogP contribution in [0.5, 0.6) is 0 Å². The molecule has 0 atom stereocenters. The zero-order chi connectivity index (χ0) is 13.9. The lowest BCUT2D eigenvalue weighted by molar-refractivity contribution is 0.0517. The Morgan fingerprint density at radius 2 is 1.95 bits per heavy atom. The number of carbonyl (C=O) groups is 1. The molecule has 1 aromatic carbocycles. The number of carbonyl (C=O) groups excluding carboxylic acids is 1. The van der Waals surface area contributed by atoms with Gasteiger partial charge in [0.15, 0.2) is 0 Å². The summed E-state index contributed by atoms with van der Waals surface area (Å²) < 4.78 is 6.82. The predicted octanol–water partition coefficient (Wildman–Crippen LogP) is 2.60. The van der Waals surface area contributed by atoms with E-state index < -0.39 is 0 Å². The van der Waals surface area contributed by atoms with Crippen molar-refractivity contribution in [3.8, 4) is 5.95 Å². The van der Waals surface area contributed by atoms with Gasteiger partial charge < -0.3 is 4.74 Å². The highest BCUT2D eigenvalue weighted by Gasteiger charge is 2.18. The Morgan fingerprint density at radius 3 is 2.70 bits per heavy atom. The Balaban J connectivity index is 2.26. The normalized spacial score (nSPS) is 10.7. The first-order chi connectivity index (χ1) is 9.81. The number of hydrogen-bond acceptors (Lipinski definition) is 4. The molecule has 5 heteroatoms. The van der Waals surface area contributed by atoms with Crippen molar-refractivity contribution in [3.63, 3.8) is 0 Å². The van der Waals surface area contributed by atoms with E-state index in [4.69, 9.17) is 4.74 Å². The van der Waals surface area contributed by atoms with Gasteiger partial charge in [-0.2, -0.15) is 0 Å². The van der Waals surface area contributed by atoms with E-state index in [9.17, 15) is 4.79 Å². The van der Waals surface area contributed by atoms with Crippen LogP contribution < -0.4 is 0 Å². The first kappa shape index (κ1) is 12.3. The van der Waals surface area contributed by atoms with Crippen LogP contribution >= 0.6 is 0 Å². The molecule has 20 heavy (non-hydrogen) atoms. The maximum Gasteiger partial charge on any atom is 0.355 e. The lowest BCUT2D eigenvalue weighted by atomic mass is 10.2. The van der Waals surface area contributed by atoms with Crippen LogP contribution in [0.4, 0.5) is 0 Å². The largest absolute Gasteiger partial charge is 0.461 e. The molecule has 5 nitrogen and oxygen atoms in total. The van der Waals surface area contributed by atoms with Gasteiger partial charge in [0.2, 0.25) is 5.95 Å². The van der Waals surface area contributed by atoms with E-state index in [1.807, 2.05) is 24.3 Å². The number of esters is 1. The Labute approximate surface area is 115 Å². The van der Waals surface area contributed by atoms with Gasteiger partial charge in [-0.05, 0) is 25.1 Å². The lowest BCUT2D eigenvalue weighted by Crippen LogP contribution is -2.12. The first-order valence-electron chi connectivity index (χ1n) is 6.36. The van der Waals surface area contributed by atoms with Crippen molar-refractivity contribution in [2.45, 2.75) is 6.92 Å². The Bertz CT molecular complexity index is 750.